The van der Waals surface area contributed by atoms with Crippen LogP contribution in [-0.4, -0.2) is 35.6 Å². The van der Waals surface area contributed by atoms with Crippen LogP contribution >= 0.6 is 11.6 Å². The van der Waals surface area contributed by atoms with Crippen molar-refractivity contribution in [3.8, 4) is 5.88 Å². The molecule has 1 atom stereocenters. The van der Waals surface area contributed by atoms with Crippen molar-refractivity contribution in [3.05, 3.63) is 53.6 Å². The molecule has 7 heteroatoms. The van der Waals surface area contributed by atoms with Gasteiger partial charge >= 0.3 is 0 Å². The molecule has 30 heavy (non-hydrogen) atoms. The maximum absolute atomic E-state index is 12.9. The third kappa shape index (κ3) is 4.65. The van der Waals surface area contributed by atoms with E-state index in [2.05, 4.69) is 17.1 Å². The standard InChI is InChI=1S/C23H25ClN4O2/c1-2-14-30-23-21(26-19-7-3-4-8-20(19)27-23)28-13-5-6-16(15-28)22(29)25-18-11-9-17(24)10-12-18/h3-4,7-12,16H,2,5-6,13-15H2,1H3,(H,25,29). The van der Waals surface area contributed by atoms with Crippen LogP contribution in [0.25, 0.3) is 11.0 Å². The molecule has 1 unspecified atom stereocenters. The first-order chi connectivity index (χ1) is 14.6. The van der Waals surface area contributed by atoms with E-state index in [0.29, 0.717) is 29.9 Å². The first kappa shape index (κ1) is 20.4. The van der Waals surface area contributed by atoms with Gasteiger partial charge in [-0.1, -0.05) is 30.7 Å². The van der Waals surface area contributed by atoms with Gasteiger partial charge in [-0.2, -0.15) is 0 Å². The number of nitrogens with zero attached hydrogens (tertiary/aromatic N) is 3. The predicted octanol–water partition coefficient (Wildman–Crippen LogP) is 4.93. The quantitative estimate of drug-likeness (QED) is 0.607. The van der Waals surface area contributed by atoms with E-state index in [9.17, 15) is 4.79 Å². The molecule has 0 saturated carbocycles. The molecule has 2 aromatic carbocycles. The van der Waals surface area contributed by atoms with Crippen LogP contribution in [0, 0.1) is 5.92 Å². The lowest BCUT2D eigenvalue weighted by Gasteiger charge is -2.33. The minimum absolute atomic E-state index is 0.00629. The zero-order chi connectivity index (χ0) is 20.9. The highest BCUT2D eigenvalue weighted by molar-refractivity contribution is 6.30. The second-order valence-corrected chi connectivity index (χ2v) is 7.91. The molecule has 1 aromatic heterocycles. The summed E-state index contributed by atoms with van der Waals surface area (Å²) in [5.74, 6) is 1.12. The predicted molar refractivity (Wildman–Crippen MR) is 120 cm³/mol. The molecule has 0 radical (unpaired) electrons. The number of carbonyl (C=O) groups excluding carboxylic acids is 1. The number of amides is 1. The van der Waals surface area contributed by atoms with E-state index in [-0.39, 0.29) is 11.8 Å². The van der Waals surface area contributed by atoms with E-state index in [4.69, 9.17) is 26.3 Å². The van der Waals surface area contributed by atoms with Crippen molar-refractivity contribution in [3.63, 3.8) is 0 Å². The first-order valence-corrected chi connectivity index (χ1v) is 10.7. The summed E-state index contributed by atoms with van der Waals surface area (Å²) >= 11 is 5.93. The lowest BCUT2D eigenvalue weighted by molar-refractivity contribution is -0.120. The molecule has 1 fully saturated rings. The Bertz CT molecular complexity index is 1030. The van der Waals surface area contributed by atoms with Gasteiger partial charge in [0, 0.05) is 23.8 Å². The first-order valence-electron chi connectivity index (χ1n) is 10.3. The number of halogens is 1. The number of piperidine rings is 1. The Morgan fingerprint density at radius 3 is 2.63 bits per heavy atom. The molecule has 156 valence electrons. The second-order valence-electron chi connectivity index (χ2n) is 7.47. The van der Waals surface area contributed by atoms with Crippen LogP contribution in [0.2, 0.25) is 5.02 Å². The number of para-hydroxylation sites is 2. The number of hydrogen-bond acceptors (Lipinski definition) is 5. The smallest absolute Gasteiger partial charge is 0.258 e. The Balaban J connectivity index is 1.55. The fourth-order valence-corrected chi connectivity index (χ4v) is 3.76. The molecule has 1 N–H and O–H groups in total. The van der Waals surface area contributed by atoms with Gasteiger partial charge in [0.1, 0.15) is 0 Å². The normalized spacial score (nSPS) is 16.5. The van der Waals surface area contributed by atoms with Crippen LogP contribution in [-0.2, 0) is 4.79 Å². The SMILES string of the molecule is CCCOc1nc2ccccc2nc1N1CCCC(C(=O)Nc2ccc(Cl)cc2)C1. The number of anilines is 2. The Hall–Kier alpha value is -2.86. The molecule has 0 spiro atoms. The summed E-state index contributed by atoms with van der Waals surface area (Å²) in [6, 6.07) is 14.9. The lowest BCUT2D eigenvalue weighted by Crippen LogP contribution is -2.41. The third-order valence-corrected chi connectivity index (χ3v) is 5.42. The molecule has 0 aliphatic carbocycles. The number of fused-ring (bicyclic) bond motifs is 1. The zero-order valence-electron chi connectivity index (χ0n) is 17.0. The average molecular weight is 425 g/mol. The average Bonchev–Trinajstić information content (AvgIpc) is 2.78. The van der Waals surface area contributed by atoms with Gasteiger partial charge in [0.25, 0.3) is 5.88 Å². The van der Waals surface area contributed by atoms with E-state index in [1.165, 1.54) is 0 Å². The van der Waals surface area contributed by atoms with Gasteiger partial charge in [0.15, 0.2) is 5.82 Å². The number of hydrogen-bond donors (Lipinski definition) is 1. The number of carbonyl (C=O) groups is 1. The summed E-state index contributed by atoms with van der Waals surface area (Å²) in [5, 5.41) is 3.64. The minimum Gasteiger partial charge on any atom is -0.475 e. The largest absolute Gasteiger partial charge is 0.475 e. The maximum atomic E-state index is 12.9. The lowest BCUT2D eigenvalue weighted by atomic mass is 9.97. The number of rotatable bonds is 6. The number of benzene rings is 2. The molecule has 1 saturated heterocycles. The van der Waals surface area contributed by atoms with Gasteiger partial charge in [0.2, 0.25) is 5.91 Å². The Morgan fingerprint density at radius 1 is 1.17 bits per heavy atom. The number of aromatic nitrogens is 2. The van der Waals surface area contributed by atoms with Crippen molar-refractivity contribution in [2.75, 3.05) is 29.9 Å². The van der Waals surface area contributed by atoms with Gasteiger partial charge in [-0.05, 0) is 55.7 Å². The summed E-state index contributed by atoms with van der Waals surface area (Å²) < 4.78 is 5.92. The summed E-state index contributed by atoms with van der Waals surface area (Å²) in [6.07, 6.45) is 2.63. The van der Waals surface area contributed by atoms with E-state index < -0.39 is 0 Å². The van der Waals surface area contributed by atoms with Crippen molar-refractivity contribution >= 4 is 40.0 Å². The molecule has 1 amide bonds. The summed E-state index contributed by atoms with van der Waals surface area (Å²) in [7, 11) is 0. The molecule has 0 bridgehead atoms. The Labute approximate surface area is 181 Å². The molecule has 1 aliphatic rings. The fourth-order valence-electron chi connectivity index (χ4n) is 3.64. The van der Waals surface area contributed by atoms with Crippen LogP contribution in [0.4, 0.5) is 11.5 Å². The topological polar surface area (TPSA) is 67.4 Å². The van der Waals surface area contributed by atoms with Crippen molar-refractivity contribution in [2.45, 2.75) is 26.2 Å². The molecule has 1 aliphatic heterocycles. The van der Waals surface area contributed by atoms with Gasteiger partial charge in [0.05, 0.1) is 23.6 Å². The van der Waals surface area contributed by atoms with Gasteiger partial charge in [-0.25, -0.2) is 9.97 Å². The van der Waals surface area contributed by atoms with Gasteiger partial charge in [-0.15, -0.1) is 0 Å². The van der Waals surface area contributed by atoms with Crippen LogP contribution in [0.1, 0.15) is 26.2 Å². The van der Waals surface area contributed by atoms with Crippen molar-refractivity contribution in [1.82, 2.24) is 9.97 Å². The molecule has 4 rings (SSSR count). The zero-order valence-corrected chi connectivity index (χ0v) is 17.7. The van der Waals surface area contributed by atoms with Crippen molar-refractivity contribution in [2.24, 2.45) is 5.92 Å². The molecule has 6 nitrogen and oxygen atoms in total. The Morgan fingerprint density at radius 2 is 1.90 bits per heavy atom. The molecular formula is C23H25ClN4O2. The van der Waals surface area contributed by atoms with Crippen LogP contribution < -0.4 is 15.0 Å². The van der Waals surface area contributed by atoms with E-state index in [1.54, 1.807) is 12.1 Å². The molecule has 3 aromatic rings. The summed E-state index contributed by atoms with van der Waals surface area (Å²) in [6.45, 7) is 4.04. The summed E-state index contributed by atoms with van der Waals surface area (Å²) in [4.78, 5) is 24.5. The highest BCUT2D eigenvalue weighted by atomic mass is 35.5. The van der Waals surface area contributed by atoms with Crippen molar-refractivity contribution < 1.29 is 9.53 Å². The fraction of sp³-hybridized carbons (Fsp3) is 0.348. The van der Waals surface area contributed by atoms with Gasteiger partial charge in [-0.3, -0.25) is 4.79 Å². The van der Waals surface area contributed by atoms with E-state index >= 15 is 0 Å². The van der Waals surface area contributed by atoms with E-state index in [1.807, 2.05) is 36.4 Å². The van der Waals surface area contributed by atoms with E-state index in [0.717, 1.165) is 42.5 Å². The van der Waals surface area contributed by atoms with Crippen molar-refractivity contribution in [1.29, 1.82) is 0 Å². The van der Waals surface area contributed by atoms with Crippen LogP contribution in [0.5, 0.6) is 5.88 Å². The highest BCUT2D eigenvalue weighted by Gasteiger charge is 2.29. The number of ether oxygens (including phenoxy) is 1. The molecular weight excluding hydrogens is 400 g/mol. The second kappa shape index (κ2) is 9.30. The van der Waals surface area contributed by atoms with Crippen LogP contribution in [0.15, 0.2) is 48.5 Å². The highest BCUT2D eigenvalue weighted by Crippen LogP contribution is 2.31. The minimum atomic E-state index is -0.137. The van der Waals surface area contributed by atoms with Crippen LogP contribution in [0.3, 0.4) is 0 Å². The third-order valence-electron chi connectivity index (χ3n) is 5.17. The maximum Gasteiger partial charge on any atom is 0.258 e. The molecule has 2 heterocycles. The monoisotopic (exact) mass is 424 g/mol. The Kier molecular flexibility index (Phi) is 6.33. The summed E-state index contributed by atoms with van der Waals surface area (Å²) in [5.41, 5.74) is 2.38. The van der Waals surface area contributed by atoms with Gasteiger partial charge < -0.3 is 15.0 Å². The number of nitrogens with one attached hydrogen (secondary N) is 1.